The monoisotopic (exact) mass is 535 g/mol. The van der Waals surface area contributed by atoms with Crippen LogP contribution < -0.4 is 9.64 Å². The SMILES string of the molecule is CC(Oc1ccccc1F)c1nnc(SCC(=O)N2CCN(c3ccc(F)cc3)CC2)n1-c1ccccc1. The molecule has 1 amide bonds. The van der Waals surface area contributed by atoms with Gasteiger partial charge in [0.25, 0.3) is 0 Å². The average Bonchev–Trinajstić information content (AvgIpc) is 3.38. The van der Waals surface area contributed by atoms with Crippen molar-refractivity contribution in [1.29, 1.82) is 0 Å². The molecule has 2 heterocycles. The molecule has 0 saturated carbocycles. The van der Waals surface area contributed by atoms with E-state index in [1.54, 1.807) is 37.3 Å². The minimum Gasteiger partial charge on any atom is -0.480 e. The lowest BCUT2D eigenvalue weighted by molar-refractivity contribution is -0.128. The van der Waals surface area contributed by atoms with Gasteiger partial charge >= 0.3 is 0 Å². The first kappa shape index (κ1) is 25.7. The molecule has 5 rings (SSSR count). The molecule has 1 aliphatic rings. The molecular weight excluding hydrogens is 508 g/mol. The Morgan fingerprint density at radius 1 is 0.895 bits per heavy atom. The van der Waals surface area contributed by atoms with Crippen LogP contribution in [0.25, 0.3) is 5.69 Å². The first-order valence-electron chi connectivity index (χ1n) is 12.3. The van der Waals surface area contributed by atoms with Gasteiger partial charge in [-0.05, 0) is 55.5 Å². The van der Waals surface area contributed by atoms with E-state index in [-0.39, 0.29) is 23.2 Å². The number of hydrogen-bond donors (Lipinski definition) is 0. The maximum absolute atomic E-state index is 14.2. The summed E-state index contributed by atoms with van der Waals surface area (Å²) in [6.45, 7) is 4.31. The average molecular weight is 536 g/mol. The summed E-state index contributed by atoms with van der Waals surface area (Å²) < 4.78 is 35.1. The molecule has 3 aromatic carbocycles. The minimum absolute atomic E-state index is 0.00794. The summed E-state index contributed by atoms with van der Waals surface area (Å²) in [4.78, 5) is 17.0. The van der Waals surface area contributed by atoms with Crippen molar-refractivity contribution < 1.29 is 18.3 Å². The summed E-state index contributed by atoms with van der Waals surface area (Å²) in [6.07, 6.45) is -0.593. The number of para-hydroxylation sites is 2. The lowest BCUT2D eigenvalue weighted by Crippen LogP contribution is -2.49. The van der Waals surface area contributed by atoms with E-state index in [9.17, 15) is 13.6 Å². The van der Waals surface area contributed by atoms with Gasteiger partial charge in [0.2, 0.25) is 5.91 Å². The van der Waals surface area contributed by atoms with Gasteiger partial charge in [-0.1, -0.05) is 42.1 Å². The van der Waals surface area contributed by atoms with Gasteiger partial charge < -0.3 is 14.5 Å². The van der Waals surface area contributed by atoms with E-state index >= 15 is 0 Å². The highest BCUT2D eigenvalue weighted by Crippen LogP contribution is 2.29. The smallest absolute Gasteiger partial charge is 0.233 e. The van der Waals surface area contributed by atoms with Crippen molar-refractivity contribution in [2.75, 3.05) is 36.8 Å². The highest BCUT2D eigenvalue weighted by molar-refractivity contribution is 7.99. The standard InChI is InChI=1S/C28H27F2N5O2S/c1-20(37-25-10-6-5-9-24(25)30)27-31-32-28(35(27)23-7-3-2-4-8-23)38-19-26(36)34-17-15-33(16-18-34)22-13-11-21(29)12-14-22/h2-14,20H,15-19H2,1H3. The number of amides is 1. The van der Waals surface area contributed by atoms with E-state index < -0.39 is 11.9 Å². The topological polar surface area (TPSA) is 63.5 Å². The number of nitrogens with zero attached hydrogens (tertiary/aromatic N) is 5. The van der Waals surface area contributed by atoms with Crippen LogP contribution in [0, 0.1) is 11.6 Å². The highest BCUT2D eigenvalue weighted by atomic mass is 32.2. The van der Waals surface area contributed by atoms with Crippen molar-refractivity contribution in [3.63, 3.8) is 0 Å². The molecule has 1 aliphatic heterocycles. The molecule has 1 saturated heterocycles. The van der Waals surface area contributed by atoms with Crippen LogP contribution in [0.4, 0.5) is 14.5 Å². The number of thioether (sulfide) groups is 1. The Hall–Kier alpha value is -3.92. The van der Waals surface area contributed by atoms with Crippen molar-refractivity contribution in [2.24, 2.45) is 0 Å². The Bertz CT molecular complexity index is 1380. The van der Waals surface area contributed by atoms with E-state index in [1.807, 2.05) is 39.8 Å². The maximum atomic E-state index is 14.2. The number of anilines is 1. The zero-order chi connectivity index (χ0) is 26.5. The molecule has 0 aliphatic carbocycles. The quantitative estimate of drug-likeness (QED) is 0.292. The Balaban J connectivity index is 1.26. The van der Waals surface area contributed by atoms with Gasteiger partial charge in [0.1, 0.15) is 5.82 Å². The van der Waals surface area contributed by atoms with E-state index in [0.29, 0.717) is 37.2 Å². The predicted molar refractivity (Wildman–Crippen MR) is 143 cm³/mol. The van der Waals surface area contributed by atoms with Gasteiger partial charge in [-0.2, -0.15) is 0 Å². The van der Waals surface area contributed by atoms with Crippen LogP contribution in [-0.2, 0) is 4.79 Å². The zero-order valence-electron chi connectivity index (χ0n) is 20.8. The molecule has 0 spiro atoms. The van der Waals surface area contributed by atoms with E-state index in [4.69, 9.17) is 4.74 Å². The third-order valence-corrected chi connectivity index (χ3v) is 7.24. The molecule has 1 atom stereocenters. The number of rotatable bonds is 8. The van der Waals surface area contributed by atoms with Crippen molar-refractivity contribution in [3.05, 3.63) is 96.3 Å². The normalized spacial score (nSPS) is 14.4. The summed E-state index contributed by atoms with van der Waals surface area (Å²) in [5.74, 6) is 0.121. The molecular formula is C28H27F2N5O2S. The Labute approximate surface area is 224 Å². The molecule has 38 heavy (non-hydrogen) atoms. The molecule has 0 radical (unpaired) electrons. The second-order valence-corrected chi connectivity index (χ2v) is 9.78. The van der Waals surface area contributed by atoms with Crippen LogP contribution in [0.3, 0.4) is 0 Å². The van der Waals surface area contributed by atoms with Gasteiger partial charge in [0.15, 0.2) is 28.7 Å². The first-order valence-corrected chi connectivity index (χ1v) is 13.3. The first-order chi connectivity index (χ1) is 18.5. The zero-order valence-corrected chi connectivity index (χ0v) is 21.7. The molecule has 1 unspecified atom stereocenters. The fourth-order valence-corrected chi connectivity index (χ4v) is 5.19. The number of halogens is 2. The Morgan fingerprint density at radius 3 is 2.29 bits per heavy atom. The van der Waals surface area contributed by atoms with Gasteiger partial charge in [0, 0.05) is 37.6 Å². The molecule has 1 fully saturated rings. The van der Waals surface area contributed by atoms with Crippen molar-refractivity contribution in [1.82, 2.24) is 19.7 Å². The lowest BCUT2D eigenvalue weighted by atomic mass is 10.2. The third kappa shape index (κ3) is 5.80. The van der Waals surface area contributed by atoms with Crippen LogP contribution in [0.1, 0.15) is 18.9 Å². The third-order valence-electron chi connectivity index (χ3n) is 6.33. The van der Waals surface area contributed by atoms with E-state index in [2.05, 4.69) is 15.1 Å². The number of benzene rings is 3. The molecule has 196 valence electrons. The number of piperazine rings is 1. The van der Waals surface area contributed by atoms with Gasteiger partial charge in [0.05, 0.1) is 5.75 Å². The molecule has 7 nitrogen and oxygen atoms in total. The van der Waals surface area contributed by atoms with Crippen molar-refractivity contribution in [2.45, 2.75) is 18.2 Å². The summed E-state index contributed by atoms with van der Waals surface area (Å²) in [7, 11) is 0. The predicted octanol–water partition coefficient (Wildman–Crippen LogP) is 5.13. The van der Waals surface area contributed by atoms with Gasteiger partial charge in [-0.15, -0.1) is 10.2 Å². The number of aromatic nitrogens is 3. The van der Waals surface area contributed by atoms with Crippen molar-refractivity contribution >= 4 is 23.4 Å². The summed E-state index contributed by atoms with van der Waals surface area (Å²) in [5.41, 5.74) is 1.77. The highest BCUT2D eigenvalue weighted by Gasteiger charge is 2.25. The summed E-state index contributed by atoms with van der Waals surface area (Å²) in [5, 5.41) is 9.24. The Morgan fingerprint density at radius 2 is 1.58 bits per heavy atom. The largest absolute Gasteiger partial charge is 0.480 e. The second-order valence-electron chi connectivity index (χ2n) is 8.84. The van der Waals surface area contributed by atoms with Crippen LogP contribution in [0.15, 0.2) is 84.0 Å². The van der Waals surface area contributed by atoms with Gasteiger partial charge in [-0.25, -0.2) is 8.78 Å². The molecule has 0 N–H and O–H groups in total. The van der Waals surface area contributed by atoms with Crippen LogP contribution in [-0.4, -0.2) is 57.5 Å². The fourth-order valence-electron chi connectivity index (χ4n) is 4.32. The molecule has 4 aromatic rings. The number of carbonyl (C=O) groups excluding carboxylic acids is 1. The number of hydrogen-bond acceptors (Lipinski definition) is 6. The summed E-state index contributed by atoms with van der Waals surface area (Å²) in [6, 6.07) is 22.2. The molecule has 1 aromatic heterocycles. The second kappa shape index (κ2) is 11.6. The van der Waals surface area contributed by atoms with Crippen LogP contribution in [0.5, 0.6) is 5.75 Å². The Kier molecular flexibility index (Phi) is 7.88. The van der Waals surface area contributed by atoms with E-state index in [0.717, 1.165) is 11.4 Å². The molecule has 10 heteroatoms. The van der Waals surface area contributed by atoms with Crippen LogP contribution in [0.2, 0.25) is 0 Å². The van der Waals surface area contributed by atoms with E-state index in [1.165, 1.54) is 30.0 Å². The number of ether oxygens (including phenoxy) is 1. The maximum Gasteiger partial charge on any atom is 0.233 e. The van der Waals surface area contributed by atoms with Crippen molar-refractivity contribution in [3.8, 4) is 11.4 Å². The minimum atomic E-state index is -0.593. The van der Waals surface area contributed by atoms with Gasteiger partial charge in [-0.3, -0.25) is 9.36 Å². The van der Waals surface area contributed by atoms with Crippen LogP contribution >= 0.6 is 11.8 Å². The molecule has 0 bridgehead atoms. The lowest BCUT2D eigenvalue weighted by Gasteiger charge is -2.36. The number of carbonyl (C=O) groups is 1. The summed E-state index contributed by atoms with van der Waals surface area (Å²) >= 11 is 1.30. The fraction of sp³-hybridized carbons (Fsp3) is 0.250.